The first-order chi connectivity index (χ1) is 12.1. The second-order valence-electron chi connectivity index (χ2n) is 6.46. The SMILES string of the molecule is CCN1CCN(C(=O)c2ccnc(N3CCN(C(C)=O)CC3)n2)CC1. The lowest BCUT2D eigenvalue weighted by Gasteiger charge is -2.35. The topological polar surface area (TPSA) is 72.9 Å². The van der Waals surface area contributed by atoms with Crippen molar-refractivity contribution in [3.8, 4) is 0 Å². The lowest BCUT2D eigenvalue weighted by Crippen LogP contribution is -2.49. The number of amides is 2. The van der Waals surface area contributed by atoms with Crippen LogP contribution in [0.25, 0.3) is 0 Å². The molecule has 136 valence electrons. The van der Waals surface area contributed by atoms with Gasteiger partial charge in [-0.05, 0) is 12.6 Å². The van der Waals surface area contributed by atoms with Crippen molar-refractivity contribution in [2.75, 3.05) is 63.8 Å². The Kier molecular flexibility index (Phi) is 5.47. The Labute approximate surface area is 148 Å². The first-order valence-corrected chi connectivity index (χ1v) is 8.93. The Morgan fingerprint density at radius 1 is 1.00 bits per heavy atom. The van der Waals surface area contributed by atoms with Crippen molar-refractivity contribution in [1.29, 1.82) is 0 Å². The van der Waals surface area contributed by atoms with Gasteiger partial charge in [0.2, 0.25) is 11.9 Å². The van der Waals surface area contributed by atoms with E-state index in [1.165, 1.54) is 0 Å². The van der Waals surface area contributed by atoms with Gasteiger partial charge in [0.25, 0.3) is 5.91 Å². The minimum Gasteiger partial charge on any atom is -0.339 e. The molecule has 0 bridgehead atoms. The van der Waals surface area contributed by atoms with Gasteiger partial charge in [-0.1, -0.05) is 6.92 Å². The maximum Gasteiger partial charge on any atom is 0.272 e. The van der Waals surface area contributed by atoms with Crippen molar-refractivity contribution in [1.82, 2.24) is 24.7 Å². The number of likely N-dealkylation sites (N-methyl/N-ethyl adjacent to an activating group) is 1. The number of hydrogen-bond donors (Lipinski definition) is 0. The maximum absolute atomic E-state index is 12.7. The predicted octanol–water partition coefficient (Wildman–Crippen LogP) is -0.0772. The average molecular weight is 346 g/mol. The molecule has 0 spiro atoms. The molecule has 2 aliphatic rings. The largest absolute Gasteiger partial charge is 0.339 e. The van der Waals surface area contributed by atoms with E-state index in [4.69, 9.17) is 0 Å². The van der Waals surface area contributed by atoms with E-state index in [0.717, 1.165) is 32.7 Å². The minimum absolute atomic E-state index is 0.0261. The number of anilines is 1. The Bertz CT molecular complexity index is 621. The molecule has 0 radical (unpaired) electrons. The second kappa shape index (κ2) is 7.77. The first-order valence-electron chi connectivity index (χ1n) is 8.93. The number of hydrogen-bond acceptors (Lipinski definition) is 6. The molecule has 2 saturated heterocycles. The van der Waals surface area contributed by atoms with Gasteiger partial charge in [-0.3, -0.25) is 9.59 Å². The summed E-state index contributed by atoms with van der Waals surface area (Å²) >= 11 is 0. The van der Waals surface area contributed by atoms with Crippen molar-refractivity contribution in [2.24, 2.45) is 0 Å². The normalized spacial score (nSPS) is 19.2. The third-order valence-electron chi connectivity index (χ3n) is 4.98. The molecule has 2 fully saturated rings. The number of aromatic nitrogens is 2. The molecule has 1 aromatic rings. The van der Waals surface area contributed by atoms with E-state index in [1.54, 1.807) is 19.2 Å². The fourth-order valence-corrected chi connectivity index (χ4v) is 3.27. The molecule has 2 aliphatic heterocycles. The van der Waals surface area contributed by atoms with Gasteiger partial charge in [0.15, 0.2) is 0 Å². The predicted molar refractivity (Wildman–Crippen MR) is 94.5 cm³/mol. The van der Waals surface area contributed by atoms with Crippen LogP contribution in [0.5, 0.6) is 0 Å². The van der Waals surface area contributed by atoms with Gasteiger partial charge in [0.1, 0.15) is 5.69 Å². The summed E-state index contributed by atoms with van der Waals surface area (Å²) in [4.78, 5) is 41.0. The van der Waals surface area contributed by atoms with Gasteiger partial charge in [0, 0.05) is 65.5 Å². The molecule has 8 heteroatoms. The highest BCUT2D eigenvalue weighted by Crippen LogP contribution is 2.13. The molecule has 0 unspecified atom stereocenters. The van der Waals surface area contributed by atoms with Crippen LogP contribution in [-0.4, -0.2) is 95.4 Å². The molecule has 1 aromatic heterocycles. The monoisotopic (exact) mass is 346 g/mol. The van der Waals surface area contributed by atoms with Crippen LogP contribution in [0.1, 0.15) is 24.3 Å². The highest BCUT2D eigenvalue weighted by molar-refractivity contribution is 5.92. The molecule has 3 rings (SSSR count). The Morgan fingerprint density at radius 3 is 2.24 bits per heavy atom. The van der Waals surface area contributed by atoms with Crippen molar-refractivity contribution >= 4 is 17.8 Å². The molecule has 3 heterocycles. The summed E-state index contributed by atoms with van der Waals surface area (Å²) in [5.74, 6) is 0.638. The van der Waals surface area contributed by atoms with Crippen LogP contribution >= 0.6 is 0 Å². The lowest BCUT2D eigenvalue weighted by atomic mass is 10.2. The summed E-state index contributed by atoms with van der Waals surface area (Å²) in [6, 6.07) is 1.68. The summed E-state index contributed by atoms with van der Waals surface area (Å²) in [5, 5.41) is 0. The fraction of sp³-hybridized carbons (Fsp3) is 0.647. The molecule has 0 saturated carbocycles. The zero-order chi connectivity index (χ0) is 17.8. The molecule has 0 aliphatic carbocycles. The van der Waals surface area contributed by atoms with E-state index in [9.17, 15) is 9.59 Å². The number of piperazine rings is 2. The van der Waals surface area contributed by atoms with Crippen LogP contribution in [0.15, 0.2) is 12.3 Å². The summed E-state index contributed by atoms with van der Waals surface area (Å²) in [6.07, 6.45) is 1.65. The van der Waals surface area contributed by atoms with Gasteiger partial charge in [0.05, 0.1) is 0 Å². The number of rotatable bonds is 3. The summed E-state index contributed by atoms with van der Waals surface area (Å²) in [6.45, 7) is 10.7. The fourth-order valence-electron chi connectivity index (χ4n) is 3.27. The average Bonchev–Trinajstić information content (AvgIpc) is 2.67. The smallest absolute Gasteiger partial charge is 0.272 e. The lowest BCUT2D eigenvalue weighted by molar-refractivity contribution is -0.129. The molecule has 0 atom stereocenters. The maximum atomic E-state index is 12.7. The van der Waals surface area contributed by atoms with Gasteiger partial charge < -0.3 is 19.6 Å². The molecular weight excluding hydrogens is 320 g/mol. The molecule has 0 N–H and O–H groups in total. The molecule has 8 nitrogen and oxygen atoms in total. The third kappa shape index (κ3) is 4.07. The Balaban J connectivity index is 1.64. The van der Waals surface area contributed by atoms with E-state index in [-0.39, 0.29) is 11.8 Å². The third-order valence-corrected chi connectivity index (χ3v) is 4.98. The minimum atomic E-state index is -0.0261. The van der Waals surface area contributed by atoms with Gasteiger partial charge in [-0.15, -0.1) is 0 Å². The molecule has 2 amide bonds. The van der Waals surface area contributed by atoms with E-state index < -0.39 is 0 Å². The number of nitrogens with zero attached hydrogens (tertiary/aromatic N) is 6. The zero-order valence-corrected chi connectivity index (χ0v) is 15.0. The van der Waals surface area contributed by atoms with Gasteiger partial charge in [-0.25, -0.2) is 9.97 Å². The quantitative estimate of drug-likeness (QED) is 0.762. The van der Waals surface area contributed by atoms with Gasteiger partial charge >= 0.3 is 0 Å². The number of carbonyl (C=O) groups excluding carboxylic acids is 2. The van der Waals surface area contributed by atoms with Gasteiger partial charge in [-0.2, -0.15) is 0 Å². The van der Waals surface area contributed by atoms with Crippen LogP contribution in [0, 0.1) is 0 Å². The summed E-state index contributed by atoms with van der Waals surface area (Å²) in [5.41, 5.74) is 0.448. The first kappa shape index (κ1) is 17.6. The van der Waals surface area contributed by atoms with Crippen LogP contribution in [0.3, 0.4) is 0 Å². The molecular formula is C17H26N6O2. The van der Waals surface area contributed by atoms with E-state index >= 15 is 0 Å². The van der Waals surface area contributed by atoms with Crippen LogP contribution in [0.2, 0.25) is 0 Å². The Morgan fingerprint density at radius 2 is 1.64 bits per heavy atom. The highest BCUT2D eigenvalue weighted by Gasteiger charge is 2.24. The van der Waals surface area contributed by atoms with Crippen molar-refractivity contribution in [3.63, 3.8) is 0 Å². The standard InChI is InChI=1S/C17H26N6O2/c1-3-20-6-8-22(9-7-20)16(25)15-4-5-18-17(19-15)23-12-10-21(11-13-23)14(2)24/h4-5H,3,6-13H2,1-2H3. The highest BCUT2D eigenvalue weighted by atomic mass is 16.2. The van der Waals surface area contributed by atoms with Crippen molar-refractivity contribution in [3.05, 3.63) is 18.0 Å². The molecule has 0 aromatic carbocycles. The second-order valence-corrected chi connectivity index (χ2v) is 6.46. The van der Waals surface area contributed by atoms with Crippen molar-refractivity contribution < 1.29 is 9.59 Å². The summed E-state index contributed by atoms with van der Waals surface area (Å²) in [7, 11) is 0. The number of carbonyl (C=O) groups is 2. The Hall–Kier alpha value is -2.22. The van der Waals surface area contributed by atoms with Crippen LogP contribution in [0.4, 0.5) is 5.95 Å². The van der Waals surface area contributed by atoms with E-state index in [2.05, 4.69) is 21.8 Å². The van der Waals surface area contributed by atoms with Crippen LogP contribution in [-0.2, 0) is 4.79 Å². The van der Waals surface area contributed by atoms with Crippen molar-refractivity contribution in [2.45, 2.75) is 13.8 Å². The molecule has 25 heavy (non-hydrogen) atoms. The zero-order valence-electron chi connectivity index (χ0n) is 15.0. The van der Waals surface area contributed by atoms with E-state index in [0.29, 0.717) is 37.8 Å². The summed E-state index contributed by atoms with van der Waals surface area (Å²) < 4.78 is 0. The van der Waals surface area contributed by atoms with Crippen LogP contribution < -0.4 is 4.90 Å². The van der Waals surface area contributed by atoms with E-state index in [1.807, 2.05) is 14.7 Å².